The molecular weight excluding hydrogens is 193 g/mol. The van der Waals surface area contributed by atoms with Gasteiger partial charge in [0.1, 0.15) is 5.82 Å². The van der Waals surface area contributed by atoms with E-state index < -0.39 is 0 Å². The number of nitrogens with one attached hydrogen (secondary N) is 1. The maximum atomic E-state index is 12.9. The number of anilines is 1. The molecule has 1 aliphatic rings. The summed E-state index contributed by atoms with van der Waals surface area (Å²) in [6, 6.07) is 6.45. The van der Waals surface area contributed by atoms with Gasteiger partial charge >= 0.3 is 0 Å². The Kier molecular flexibility index (Phi) is 3.21. The van der Waals surface area contributed by atoms with E-state index in [1.165, 1.54) is 12.1 Å². The van der Waals surface area contributed by atoms with Gasteiger partial charge in [-0.15, -0.1) is 0 Å². The van der Waals surface area contributed by atoms with E-state index in [0.717, 1.165) is 31.4 Å². The lowest BCUT2D eigenvalue weighted by molar-refractivity contribution is 0.116. The number of aliphatic hydroxyl groups excluding tert-OH is 1. The highest BCUT2D eigenvalue weighted by molar-refractivity contribution is 5.44. The topological polar surface area (TPSA) is 32.3 Å². The highest BCUT2D eigenvalue weighted by atomic mass is 19.1. The zero-order valence-electron chi connectivity index (χ0n) is 8.62. The van der Waals surface area contributed by atoms with Crippen LogP contribution in [0, 0.1) is 5.82 Å². The zero-order valence-corrected chi connectivity index (χ0v) is 8.62. The van der Waals surface area contributed by atoms with Crippen LogP contribution in [0.2, 0.25) is 0 Å². The molecular formula is C12H16FNO. The molecule has 0 radical (unpaired) electrons. The Balaban J connectivity index is 2.01. The summed E-state index contributed by atoms with van der Waals surface area (Å²) in [5, 5.41) is 12.9. The molecule has 2 nitrogen and oxygen atoms in total. The summed E-state index contributed by atoms with van der Waals surface area (Å²) in [6.07, 6.45) is 3.71. The van der Waals surface area contributed by atoms with Crippen LogP contribution in [0.1, 0.15) is 25.7 Å². The standard InChI is InChI=1S/C12H16FNO/c13-9-4-3-5-10(8-9)14-11-6-1-2-7-12(11)15/h3-5,8,11-12,14-15H,1-2,6-7H2/t11-,12-/m0/s1. The lowest BCUT2D eigenvalue weighted by Gasteiger charge is -2.29. The van der Waals surface area contributed by atoms with Crippen LogP contribution >= 0.6 is 0 Å². The molecule has 0 unspecified atom stereocenters. The summed E-state index contributed by atoms with van der Waals surface area (Å²) in [5.41, 5.74) is 0.751. The van der Waals surface area contributed by atoms with Gasteiger partial charge in [0.05, 0.1) is 12.1 Å². The van der Waals surface area contributed by atoms with Gasteiger partial charge in [0, 0.05) is 5.69 Å². The number of hydrogen-bond donors (Lipinski definition) is 2. The first-order valence-electron chi connectivity index (χ1n) is 5.46. The number of benzene rings is 1. The normalized spacial score (nSPS) is 26.3. The fraction of sp³-hybridized carbons (Fsp3) is 0.500. The molecule has 1 aromatic rings. The van der Waals surface area contributed by atoms with Crippen LogP contribution in [0.25, 0.3) is 0 Å². The van der Waals surface area contributed by atoms with Gasteiger partial charge in [0.2, 0.25) is 0 Å². The van der Waals surface area contributed by atoms with Gasteiger partial charge in [-0.2, -0.15) is 0 Å². The number of hydrogen-bond acceptors (Lipinski definition) is 2. The third kappa shape index (κ3) is 2.69. The van der Waals surface area contributed by atoms with Crippen molar-refractivity contribution < 1.29 is 9.50 Å². The maximum Gasteiger partial charge on any atom is 0.125 e. The average Bonchev–Trinajstić information content (AvgIpc) is 2.22. The minimum absolute atomic E-state index is 0.0700. The smallest absolute Gasteiger partial charge is 0.125 e. The van der Waals surface area contributed by atoms with Crippen LogP contribution in [-0.2, 0) is 0 Å². The number of rotatable bonds is 2. The second-order valence-electron chi connectivity index (χ2n) is 4.11. The van der Waals surface area contributed by atoms with Crippen molar-refractivity contribution >= 4 is 5.69 Å². The van der Waals surface area contributed by atoms with Crippen LogP contribution < -0.4 is 5.32 Å². The fourth-order valence-electron chi connectivity index (χ4n) is 2.07. The van der Waals surface area contributed by atoms with Gasteiger partial charge < -0.3 is 10.4 Å². The largest absolute Gasteiger partial charge is 0.391 e. The van der Waals surface area contributed by atoms with E-state index in [1.807, 2.05) is 6.07 Å². The predicted molar refractivity (Wildman–Crippen MR) is 58.3 cm³/mol. The third-order valence-electron chi connectivity index (χ3n) is 2.91. The molecule has 3 heteroatoms. The maximum absolute atomic E-state index is 12.9. The van der Waals surface area contributed by atoms with E-state index in [0.29, 0.717) is 0 Å². The van der Waals surface area contributed by atoms with E-state index in [1.54, 1.807) is 6.07 Å². The first-order valence-corrected chi connectivity index (χ1v) is 5.46. The van der Waals surface area contributed by atoms with Gasteiger partial charge in [-0.05, 0) is 31.0 Å². The van der Waals surface area contributed by atoms with Gasteiger partial charge in [-0.25, -0.2) is 4.39 Å². The quantitative estimate of drug-likeness (QED) is 0.784. The van der Waals surface area contributed by atoms with Crippen molar-refractivity contribution in [3.63, 3.8) is 0 Å². The minimum Gasteiger partial charge on any atom is -0.391 e. The summed E-state index contributed by atoms with van der Waals surface area (Å²) < 4.78 is 12.9. The Morgan fingerprint density at radius 2 is 2.07 bits per heavy atom. The molecule has 1 aromatic carbocycles. The van der Waals surface area contributed by atoms with Gasteiger partial charge in [-0.3, -0.25) is 0 Å². The number of halogens is 1. The van der Waals surface area contributed by atoms with Gasteiger partial charge in [0.15, 0.2) is 0 Å². The van der Waals surface area contributed by atoms with Crippen molar-refractivity contribution in [3.05, 3.63) is 30.1 Å². The predicted octanol–water partition coefficient (Wildman–Crippen LogP) is 2.54. The highest BCUT2D eigenvalue weighted by Gasteiger charge is 2.22. The van der Waals surface area contributed by atoms with Crippen LogP contribution in [-0.4, -0.2) is 17.3 Å². The molecule has 1 aliphatic carbocycles. The molecule has 15 heavy (non-hydrogen) atoms. The molecule has 0 saturated heterocycles. The number of aliphatic hydroxyl groups is 1. The van der Waals surface area contributed by atoms with Crippen LogP contribution in [0.3, 0.4) is 0 Å². The minimum atomic E-state index is -0.304. The SMILES string of the molecule is O[C@H]1CCCC[C@@H]1Nc1cccc(F)c1. The molecule has 82 valence electrons. The average molecular weight is 209 g/mol. The van der Waals surface area contributed by atoms with Crippen molar-refractivity contribution in [2.75, 3.05) is 5.32 Å². The van der Waals surface area contributed by atoms with E-state index >= 15 is 0 Å². The molecule has 0 bridgehead atoms. The Labute approximate surface area is 89.1 Å². The first-order chi connectivity index (χ1) is 7.25. The lowest BCUT2D eigenvalue weighted by Crippen LogP contribution is -2.36. The monoisotopic (exact) mass is 209 g/mol. The Morgan fingerprint density at radius 1 is 1.27 bits per heavy atom. The highest BCUT2D eigenvalue weighted by Crippen LogP contribution is 2.22. The fourth-order valence-corrected chi connectivity index (χ4v) is 2.07. The molecule has 0 aromatic heterocycles. The van der Waals surface area contributed by atoms with Crippen molar-refractivity contribution in [1.82, 2.24) is 0 Å². The summed E-state index contributed by atoms with van der Waals surface area (Å²) >= 11 is 0. The molecule has 0 heterocycles. The van der Waals surface area contributed by atoms with Crippen LogP contribution in [0.4, 0.5) is 10.1 Å². The molecule has 2 atom stereocenters. The summed E-state index contributed by atoms with van der Waals surface area (Å²) in [6.45, 7) is 0. The Morgan fingerprint density at radius 3 is 2.80 bits per heavy atom. The van der Waals surface area contributed by atoms with E-state index in [2.05, 4.69) is 5.32 Å². The van der Waals surface area contributed by atoms with Crippen molar-refractivity contribution in [2.45, 2.75) is 37.8 Å². The molecule has 2 rings (SSSR count). The van der Waals surface area contributed by atoms with E-state index in [9.17, 15) is 9.50 Å². The zero-order chi connectivity index (χ0) is 10.7. The van der Waals surface area contributed by atoms with Crippen molar-refractivity contribution in [2.24, 2.45) is 0 Å². The molecule has 0 spiro atoms. The van der Waals surface area contributed by atoms with Gasteiger partial charge in [-0.1, -0.05) is 18.9 Å². The van der Waals surface area contributed by atoms with Crippen LogP contribution in [0.5, 0.6) is 0 Å². The van der Waals surface area contributed by atoms with Crippen LogP contribution in [0.15, 0.2) is 24.3 Å². The third-order valence-corrected chi connectivity index (χ3v) is 2.91. The van der Waals surface area contributed by atoms with Gasteiger partial charge in [0.25, 0.3) is 0 Å². The van der Waals surface area contributed by atoms with Crippen molar-refractivity contribution in [1.29, 1.82) is 0 Å². The molecule has 0 amide bonds. The Bertz CT molecular complexity index is 329. The van der Waals surface area contributed by atoms with E-state index in [-0.39, 0.29) is 18.0 Å². The molecule has 0 aliphatic heterocycles. The second kappa shape index (κ2) is 4.62. The lowest BCUT2D eigenvalue weighted by atomic mass is 9.92. The van der Waals surface area contributed by atoms with Crippen molar-refractivity contribution in [3.8, 4) is 0 Å². The summed E-state index contributed by atoms with van der Waals surface area (Å²) in [7, 11) is 0. The molecule has 1 fully saturated rings. The molecule has 2 N–H and O–H groups in total. The summed E-state index contributed by atoms with van der Waals surface area (Å²) in [5.74, 6) is -0.245. The molecule has 1 saturated carbocycles. The second-order valence-corrected chi connectivity index (χ2v) is 4.11. The van der Waals surface area contributed by atoms with E-state index in [4.69, 9.17) is 0 Å². The summed E-state index contributed by atoms with van der Waals surface area (Å²) in [4.78, 5) is 0. The first kappa shape index (κ1) is 10.4. The Hall–Kier alpha value is -1.09.